The molecule has 8 heteroatoms. The fraction of sp³-hybridized carbons (Fsp3) is 0.765. The predicted molar refractivity (Wildman–Crippen MR) is 87.1 cm³/mol. The van der Waals surface area contributed by atoms with Crippen molar-refractivity contribution in [1.82, 2.24) is 15.1 Å². The summed E-state index contributed by atoms with van der Waals surface area (Å²) in [6.07, 6.45) is -4.08. The zero-order chi connectivity index (χ0) is 19.0. The molecule has 2 rings (SSSR count). The van der Waals surface area contributed by atoms with E-state index in [4.69, 9.17) is 0 Å². The van der Waals surface area contributed by atoms with Crippen LogP contribution >= 0.6 is 0 Å². The first-order chi connectivity index (χ1) is 11.4. The Kier molecular flexibility index (Phi) is 5.51. The van der Waals surface area contributed by atoms with E-state index < -0.39 is 23.6 Å². The number of aromatic nitrogens is 2. The summed E-state index contributed by atoms with van der Waals surface area (Å²) in [5.41, 5.74) is 0.918. The zero-order valence-electron chi connectivity index (χ0n) is 15.1. The zero-order valence-corrected chi connectivity index (χ0v) is 15.1. The molecule has 0 bridgehead atoms. The number of carbonyl (C=O) groups excluding carboxylic acids is 1. The average Bonchev–Trinajstić information content (AvgIpc) is 2.76. The molecule has 25 heavy (non-hydrogen) atoms. The molecule has 1 fully saturated rings. The molecule has 142 valence electrons. The molecule has 1 saturated carbocycles. The van der Waals surface area contributed by atoms with Gasteiger partial charge in [0.2, 0.25) is 5.91 Å². The van der Waals surface area contributed by atoms with Gasteiger partial charge in [0, 0.05) is 24.8 Å². The van der Waals surface area contributed by atoms with Gasteiger partial charge in [-0.05, 0) is 46.5 Å². The molecular weight excluding hydrogens is 335 g/mol. The monoisotopic (exact) mass is 361 g/mol. The smallest absolute Gasteiger partial charge is 0.388 e. The van der Waals surface area contributed by atoms with E-state index in [0.717, 1.165) is 17.0 Å². The summed E-state index contributed by atoms with van der Waals surface area (Å²) in [6.45, 7) is 5.24. The molecule has 3 atom stereocenters. The minimum Gasteiger partial charge on any atom is -0.388 e. The number of hydrogen-bond donors (Lipinski definition) is 2. The highest BCUT2D eigenvalue weighted by Crippen LogP contribution is 2.41. The van der Waals surface area contributed by atoms with Gasteiger partial charge in [0.25, 0.3) is 0 Å². The van der Waals surface area contributed by atoms with Crippen molar-refractivity contribution in [2.24, 2.45) is 13.0 Å². The number of nitrogens with zero attached hydrogens (tertiary/aromatic N) is 2. The third kappa shape index (κ3) is 4.34. The Hall–Kier alpha value is -1.57. The first-order valence-corrected chi connectivity index (χ1v) is 8.51. The summed E-state index contributed by atoms with van der Waals surface area (Å²) in [4.78, 5) is 12.4. The first kappa shape index (κ1) is 19.8. The Bertz CT molecular complexity index is 642. The van der Waals surface area contributed by atoms with Gasteiger partial charge in [-0.1, -0.05) is 0 Å². The number of amides is 1. The van der Waals surface area contributed by atoms with Crippen LogP contribution in [0.25, 0.3) is 0 Å². The van der Waals surface area contributed by atoms with Crippen LogP contribution in [0.4, 0.5) is 13.2 Å². The Morgan fingerprint density at radius 1 is 1.48 bits per heavy atom. The SMILES string of the molecule is Cc1nn(C)c(C)c1C(C)C(=O)NCC1(O)CCCC(C(F)(F)F)C1. The van der Waals surface area contributed by atoms with Gasteiger partial charge in [0.1, 0.15) is 0 Å². The Labute approximate surface area is 145 Å². The van der Waals surface area contributed by atoms with E-state index in [2.05, 4.69) is 10.4 Å². The molecule has 1 aromatic heterocycles. The molecule has 0 saturated heterocycles. The highest BCUT2D eigenvalue weighted by molar-refractivity contribution is 5.83. The standard InChI is InChI=1S/C17H26F3N3O2/c1-10(14-11(2)22-23(4)12(14)3)15(24)21-9-16(25)7-5-6-13(8-16)17(18,19)20/h10,13,25H,5-9H2,1-4H3,(H,21,24). The minimum atomic E-state index is -4.31. The molecule has 0 radical (unpaired) electrons. The lowest BCUT2D eigenvalue weighted by molar-refractivity contribution is -0.199. The van der Waals surface area contributed by atoms with E-state index in [1.54, 1.807) is 18.7 Å². The Morgan fingerprint density at radius 2 is 2.12 bits per heavy atom. The van der Waals surface area contributed by atoms with Crippen LogP contribution < -0.4 is 5.32 Å². The van der Waals surface area contributed by atoms with Crippen molar-refractivity contribution in [3.8, 4) is 0 Å². The Balaban J connectivity index is 2.01. The van der Waals surface area contributed by atoms with Gasteiger partial charge in [-0.25, -0.2) is 0 Å². The molecule has 3 unspecified atom stereocenters. The Morgan fingerprint density at radius 3 is 2.64 bits per heavy atom. The van der Waals surface area contributed by atoms with E-state index >= 15 is 0 Å². The summed E-state index contributed by atoms with van der Waals surface area (Å²) in [6, 6.07) is 0. The van der Waals surface area contributed by atoms with Crippen LogP contribution in [0, 0.1) is 19.8 Å². The van der Waals surface area contributed by atoms with Crippen LogP contribution in [0.15, 0.2) is 0 Å². The molecule has 1 aliphatic carbocycles. The van der Waals surface area contributed by atoms with Gasteiger partial charge in [-0.2, -0.15) is 18.3 Å². The second kappa shape index (κ2) is 6.97. The molecular formula is C17H26F3N3O2. The maximum Gasteiger partial charge on any atom is 0.391 e. The quantitative estimate of drug-likeness (QED) is 0.867. The molecule has 1 aromatic rings. The fourth-order valence-corrected chi connectivity index (χ4v) is 3.73. The molecule has 2 N–H and O–H groups in total. The fourth-order valence-electron chi connectivity index (χ4n) is 3.73. The number of halogens is 3. The van der Waals surface area contributed by atoms with Crippen molar-refractivity contribution in [2.75, 3.05) is 6.54 Å². The number of hydrogen-bond acceptors (Lipinski definition) is 3. The van der Waals surface area contributed by atoms with Crippen molar-refractivity contribution in [1.29, 1.82) is 0 Å². The van der Waals surface area contributed by atoms with Crippen LogP contribution in [-0.4, -0.2) is 39.1 Å². The molecule has 1 heterocycles. The lowest BCUT2D eigenvalue weighted by Crippen LogP contribution is -2.49. The lowest BCUT2D eigenvalue weighted by atomic mass is 9.77. The molecule has 1 amide bonds. The van der Waals surface area contributed by atoms with Crippen molar-refractivity contribution in [2.45, 2.75) is 64.1 Å². The van der Waals surface area contributed by atoms with Crippen molar-refractivity contribution < 1.29 is 23.1 Å². The van der Waals surface area contributed by atoms with Crippen molar-refractivity contribution >= 4 is 5.91 Å². The predicted octanol–water partition coefficient (Wildman–Crippen LogP) is 2.74. The largest absolute Gasteiger partial charge is 0.391 e. The summed E-state index contributed by atoms with van der Waals surface area (Å²) in [5.74, 6) is -2.32. The van der Waals surface area contributed by atoms with Crippen LogP contribution in [-0.2, 0) is 11.8 Å². The summed E-state index contributed by atoms with van der Waals surface area (Å²) in [7, 11) is 1.79. The minimum absolute atomic E-state index is 0.0320. The normalized spacial score (nSPS) is 25.7. The van der Waals surface area contributed by atoms with E-state index in [9.17, 15) is 23.1 Å². The summed E-state index contributed by atoms with van der Waals surface area (Å²) in [5, 5.41) is 17.4. The molecule has 0 aliphatic heterocycles. The van der Waals surface area contributed by atoms with E-state index in [1.807, 2.05) is 13.8 Å². The molecule has 1 aliphatic rings. The van der Waals surface area contributed by atoms with Crippen LogP contribution in [0.1, 0.15) is 55.5 Å². The average molecular weight is 361 g/mol. The van der Waals surface area contributed by atoms with Gasteiger partial charge in [0.05, 0.1) is 23.1 Å². The second-order valence-electron chi connectivity index (χ2n) is 7.21. The number of aliphatic hydroxyl groups is 1. The van der Waals surface area contributed by atoms with Crippen molar-refractivity contribution in [3.63, 3.8) is 0 Å². The summed E-state index contributed by atoms with van der Waals surface area (Å²) < 4.78 is 40.4. The van der Waals surface area contributed by atoms with E-state index in [0.29, 0.717) is 6.42 Å². The van der Waals surface area contributed by atoms with Gasteiger partial charge >= 0.3 is 6.18 Å². The number of nitrogens with one attached hydrogen (secondary N) is 1. The maximum atomic E-state index is 12.9. The van der Waals surface area contributed by atoms with Crippen LogP contribution in [0.2, 0.25) is 0 Å². The molecule has 5 nitrogen and oxygen atoms in total. The number of aryl methyl sites for hydroxylation is 2. The summed E-state index contributed by atoms with van der Waals surface area (Å²) >= 11 is 0. The number of alkyl halides is 3. The highest BCUT2D eigenvalue weighted by Gasteiger charge is 2.47. The van der Waals surface area contributed by atoms with E-state index in [1.165, 1.54) is 0 Å². The van der Waals surface area contributed by atoms with Crippen LogP contribution in [0.5, 0.6) is 0 Å². The van der Waals surface area contributed by atoms with Crippen LogP contribution in [0.3, 0.4) is 0 Å². The molecule has 0 aromatic carbocycles. The number of carbonyl (C=O) groups is 1. The topological polar surface area (TPSA) is 67.2 Å². The lowest BCUT2D eigenvalue weighted by Gasteiger charge is -2.37. The molecule has 0 spiro atoms. The first-order valence-electron chi connectivity index (χ1n) is 8.51. The second-order valence-corrected chi connectivity index (χ2v) is 7.21. The van der Waals surface area contributed by atoms with Crippen molar-refractivity contribution in [3.05, 3.63) is 17.0 Å². The maximum absolute atomic E-state index is 12.9. The van der Waals surface area contributed by atoms with E-state index in [-0.39, 0.29) is 31.7 Å². The van der Waals surface area contributed by atoms with Gasteiger partial charge < -0.3 is 10.4 Å². The highest BCUT2D eigenvalue weighted by atomic mass is 19.4. The van der Waals surface area contributed by atoms with Gasteiger partial charge in [-0.15, -0.1) is 0 Å². The van der Waals surface area contributed by atoms with Gasteiger partial charge in [-0.3, -0.25) is 9.48 Å². The van der Waals surface area contributed by atoms with Gasteiger partial charge in [0.15, 0.2) is 0 Å². The third-order valence-corrected chi connectivity index (χ3v) is 5.27. The number of rotatable bonds is 4. The third-order valence-electron chi connectivity index (χ3n) is 5.27.